The Morgan fingerprint density at radius 1 is 1.22 bits per heavy atom. The molecule has 1 fully saturated rings. The summed E-state index contributed by atoms with van der Waals surface area (Å²) in [7, 11) is 0. The molecule has 0 aromatic heterocycles. The van der Waals surface area contributed by atoms with Crippen LogP contribution in [0.3, 0.4) is 0 Å². The summed E-state index contributed by atoms with van der Waals surface area (Å²) in [6, 6.07) is 10.1. The summed E-state index contributed by atoms with van der Waals surface area (Å²) in [5.41, 5.74) is 1.26. The largest absolute Gasteiger partial charge is 0.321 e. The van der Waals surface area contributed by atoms with E-state index in [1.54, 1.807) is 0 Å². The van der Waals surface area contributed by atoms with Crippen LogP contribution in [0.4, 0.5) is 0 Å². The van der Waals surface area contributed by atoms with E-state index < -0.39 is 0 Å². The second-order valence-electron chi connectivity index (χ2n) is 6.23. The van der Waals surface area contributed by atoms with Crippen molar-refractivity contribution < 1.29 is 4.79 Å². The maximum Gasteiger partial charge on any atom is 0.241 e. The zero-order valence-electron chi connectivity index (χ0n) is 11.6. The quantitative estimate of drug-likeness (QED) is 0.869. The Balaban J connectivity index is 2.26. The van der Waals surface area contributed by atoms with E-state index in [9.17, 15) is 4.79 Å². The van der Waals surface area contributed by atoms with Gasteiger partial charge in [-0.1, -0.05) is 51.1 Å². The Hall–Kier alpha value is -1.35. The monoisotopic (exact) mass is 246 g/mol. The van der Waals surface area contributed by atoms with E-state index in [1.807, 2.05) is 30.0 Å². The van der Waals surface area contributed by atoms with E-state index in [-0.39, 0.29) is 23.5 Å². The molecule has 1 heterocycles. The van der Waals surface area contributed by atoms with Crippen LogP contribution in [0.2, 0.25) is 0 Å². The zero-order chi connectivity index (χ0) is 13.3. The topological polar surface area (TPSA) is 32.3 Å². The van der Waals surface area contributed by atoms with Crippen LogP contribution in [-0.2, 0) is 4.79 Å². The molecule has 0 saturated carbocycles. The van der Waals surface area contributed by atoms with E-state index in [1.165, 1.54) is 0 Å². The average Bonchev–Trinajstić information content (AvgIpc) is 2.57. The highest BCUT2D eigenvalue weighted by Crippen LogP contribution is 2.28. The van der Waals surface area contributed by atoms with Gasteiger partial charge in [0.15, 0.2) is 0 Å². The van der Waals surface area contributed by atoms with E-state index in [2.05, 4.69) is 38.2 Å². The number of carbonyl (C=O) groups is 1. The second kappa shape index (κ2) is 4.73. The highest BCUT2D eigenvalue weighted by molar-refractivity contribution is 5.84. The molecule has 3 heteroatoms. The summed E-state index contributed by atoms with van der Waals surface area (Å²) in [5.74, 6) is 0.193. The zero-order valence-corrected chi connectivity index (χ0v) is 11.6. The number of benzene rings is 1. The van der Waals surface area contributed by atoms with Gasteiger partial charge in [-0.3, -0.25) is 10.1 Å². The fraction of sp³-hybridized carbons (Fsp3) is 0.533. The second-order valence-corrected chi connectivity index (χ2v) is 6.23. The Morgan fingerprint density at radius 2 is 1.83 bits per heavy atom. The minimum Gasteiger partial charge on any atom is -0.321 e. The van der Waals surface area contributed by atoms with Gasteiger partial charge in [-0.15, -0.1) is 0 Å². The predicted octanol–water partition coefficient (Wildman–Crippen LogP) is 2.55. The number of rotatable bonds is 2. The molecule has 1 N–H and O–H groups in total. The lowest BCUT2D eigenvalue weighted by Crippen LogP contribution is -2.37. The van der Waals surface area contributed by atoms with Gasteiger partial charge in [-0.2, -0.15) is 0 Å². The van der Waals surface area contributed by atoms with E-state index in [0.717, 1.165) is 12.1 Å². The Kier molecular flexibility index (Phi) is 3.44. The summed E-state index contributed by atoms with van der Waals surface area (Å²) in [4.78, 5) is 14.2. The number of nitrogens with one attached hydrogen (secondary N) is 1. The van der Waals surface area contributed by atoms with Gasteiger partial charge >= 0.3 is 0 Å². The minimum absolute atomic E-state index is 0.00734. The fourth-order valence-corrected chi connectivity index (χ4v) is 2.37. The van der Waals surface area contributed by atoms with Crippen molar-refractivity contribution in [1.29, 1.82) is 0 Å². The third-order valence-electron chi connectivity index (χ3n) is 3.13. The van der Waals surface area contributed by atoms with Crippen LogP contribution in [0.25, 0.3) is 0 Å². The molecule has 1 aromatic carbocycles. The van der Waals surface area contributed by atoms with Gasteiger partial charge in [0.05, 0.1) is 6.04 Å². The molecule has 2 rings (SSSR count). The molecule has 1 aliphatic heterocycles. The van der Waals surface area contributed by atoms with Crippen LogP contribution in [0.5, 0.6) is 0 Å². The maximum absolute atomic E-state index is 12.2. The number of amides is 1. The lowest BCUT2D eigenvalue weighted by molar-refractivity contribution is -0.131. The van der Waals surface area contributed by atoms with Gasteiger partial charge in [-0.05, 0) is 17.9 Å². The van der Waals surface area contributed by atoms with Crippen molar-refractivity contribution in [2.45, 2.75) is 39.9 Å². The number of carbonyl (C=O) groups excluding carboxylic acids is 1. The van der Waals surface area contributed by atoms with Gasteiger partial charge in [0.2, 0.25) is 5.91 Å². The summed E-state index contributed by atoms with van der Waals surface area (Å²) < 4.78 is 0. The summed E-state index contributed by atoms with van der Waals surface area (Å²) in [5, 5.41) is 3.37. The third-order valence-corrected chi connectivity index (χ3v) is 3.13. The molecule has 98 valence electrons. The first-order valence-electron chi connectivity index (χ1n) is 6.50. The van der Waals surface area contributed by atoms with Crippen molar-refractivity contribution >= 4 is 5.91 Å². The first kappa shape index (κ1) is 13.1. The SMILES string of the molecule is CC1NC(c2ccccc2)N(CC(C)(C)C)C1=O. The highest BCUT2D eigenvalue weighted by Gasteiger charge is 2.38. The molecular formula is C15H22N2O. The van der Waals surface area contributed by atoms with Crippen LogP contribution in [0.15, 0.2) is 30.3 Å². The summed E-state index contributed by atoms with van der Waals surface area (Å²) >= 11 is 0. The molecule has 1 amide bonds. The molecule has 0 spiro atoms. The smallest absolute Gasteiger partial charge is 0.241 e. The Labute approximate surface area is 109 Å². The summed E-state index contributed by atoms with van der Waals surface area (Å²) in [6.07, 6.45) is 0.00734. The average molecular weight is 246 g/mol. The molecule has 0 bridgehead atoms. The van der Waals surface area contributed by atoms with E-state index in [4.69, 9.17) is 0 Å². The van der Waals surface area contributed by atoms with Crippen molar-refractivity contribution in [1.82, 2.24) is 10.2 Å². The fourth-order valence-electron chi connectivity index (χ4n) is 2.37. The number of hydrogen-bond donors (Lipinski definition) is 1. The Morgan fingerprint density at radius 3 is 2.39 bits per heavy atom. The number of hydrogen-bond acceptors (Lipinski definition) is 2. The molecule has 0 radical (unpaired) electrons. The maximum atomic E-state index is 12.2. The number of nitrogens with zero attached hydrogens (tertiary/aromatic N) is 1. The van der Waals surface area contributed by atoms with Crippen molar-refractivity contribution in [2.24, 2.45) is 5.41 Å². The van der Waals surface area contributed by atoms with Crippen LogP contribution in [0.1, 0.15) is 39.4 Å². The minimum atomic E-state index is -0.0995. The molecule has 2 unspecified atom stereocenters. The first-order valence-corrected chi connectivity index (χ1v) is 6.50. The Bertz CT molecular complexity index is 422. The van der Waals surface area contributed by atoms with Crippen molar-refractivity contribution in [3.05, 3.63) is 35.9 Å². The van der Waals surface area contributed by atoms with Gasteiger partial charge in [-0.25, -0.2) is 0 Å². The van der Waals surface area contributed by atoms with Crippen LogP contribution in [-0.4, -0.2) is 23.4 Å². The molecule has 1 aromatic rings. The van der Waals surface area contributed by atoms with Crippen LogP contribution < -0.4 is 5.32 Å². The molecule has 2 atom stereocenters. The third kappa shape index (κ3) is 2.72. The molecule has 0 aliphatic carbocycles. The van der Waals surface area contributed by atoms with Crippen molar-refractivity contribution in [3.63, 3.8) is 0 Å². The molecule has 1 aliphatic rings. The van der Waals surface area contributed by atoms with Crippen molar-refractivity contribution in [3.8, 4) is 0 Å². The van der Waals surface area contributed by atoms with Gasteiger partial charge in [0.25, 0.3) is 0 Å². The van der Waals surface area contributed by atoms with Crippen LogP contribution >= 0.6 is 0 Å². The molecule has 18 heavy (non-hydrogen) atoms. The predicted molar refractivity (Wildman–Crippen MR) is 72.9 cm³/mol. The molecule has 3 nitrogen and oxygen atoms in total. The van der Waals surface area contributed by atoms with Gasteiger partial charge < -0.3 is 4.90 Å². The van der Waals surface area contributed by atoms with Gasteiger partial charge in [0, 0.05) is 6.54 Å². The van der Waals surface area contributed by atoms with Gasteiger partial charge in [0.1, 0.15) is 6.17 Å². The lowest BCUT2D eigenvalue weighted by Gasteiger charge is -2.31. The van der Waals surface area contributed by atoms with E-state index >= 15 is 0 Å². The highest BCUT2D eigenvalue weighted by atomic mass is 16.2. The standard InChI is InChI=1S/C15H22N2O/c1-11-14(18)17(10-15(2,3)4)13(16-11)12-8-6-5-7-9-12/h5-9,11,13,16H,10H2,1-4H3. The van der Waals surface area contributed by atoms with E-state index in [0.29, 0.717) is 0 Å². The van der Waals surface area contributed by atoms with Crippen LogP contribution in [0, 0.1) is 5.41 Å². The molecular weight excluding hydrogens is 224 g/mol. The summed E-state index contributed by atoms with van der Waals surface area (Å²) in [6.45, 7) is 9.17. The first-order chi connectivity index (χ1) is 8.38. The van der Waals surface area contributed by atoms with Crippen molar-refractivity contribution in [2.75, 3.05) is 6.54 Å². The molecule has 1 saturated heterocycles. The normalized spacial score (nSPS) is 24.7. The lowest BCUT2D eigenvalue weighted by atomic mass is 9.95.